The molecule has 0 heterocycles. The van der Waals surface area contributed by atoms with Crippen LogP contribution < -0.4 is 15.4 Å². The molecule has 5 nitrogen and oxygen atoms in total. The van der Waals surface area contributed by atoms with Gasteiger partial charge < -0.3 is 15.4 Å². The lowest BCUT2D eigenvalue weighted by atomic mass is 10.2. The number of benzene rings is 2. The highest BCUT2D eigenvalue weighted by Crippen LogP contribution is 2.26. The van der Waals surface area contributed by atoms with E-state index in [1.165, 1.54) is 0 Å². The molecule has 0 unspecified atom stereocenters. The fraction of sp³-hybridized carbons (Fsp3) is 0.176. The van der Waals surface area contributed by atoms with E-state index in [1.807, 2.05) is 6.92 Å². The smallest absolute Gasteiger partial charge is 0.257 e. The summed E-state index contributed by atoms with van der Waals surface area (Å²) in [4.78, 5) is 23.5. The molecule has 126 valence electrons. The van der Waals surface area contributed by atoms with E-state index < -0.39 is 0 Å². The maximum absolute atomic E-state index is 12.2. The second-order valence-electron chi connectivity index (χ2n) is 4.82. The normalized spacial score (nSPS) is 10.1. The highest BCUT2D eigenvalue weighted by atomic mass is 35.5. The molecule has 2 rings (SSSR count). The van der Waals surface area contributed by atoms with Crippen LogP contribution in [0.25, 0.3) is 0 Å². The van der Waals surface area contributed by atoms with Crippen molar-refractivity contribution in [3.63, 3.8) is 0 Å². The van der Waals surface area contributed by atoms with Crippen LogP contribution in [0.4, 0.5) is 5.69 Å². The van der Waals surface area contributed by atoms with Gasteiger partial charge >= 0.3 is 0 Å². The van der Waals surface area contributed by atoms with Gasteiger partial charge in [-0.2, -0.15) is 0 Å². The summed E-state index contributed by atoms with van der Waals surface area (Å²) in [7, 11) is 0. The molecule has 0 radical (unpaired) electrons. The number of anilines is 1. The number of hydrogen-bond donors (Lipinski definition) is 2. The minimum absolute atomic E-state index is 0.0579. The molecular formula is C17H16Cl2N2O3. The van der Waals surface area contributed by atoms with Crippen molar-refractivity contribution in [3.05, 3.63) is 58.1 Å². The average Bonchev–Trinajstić information content (AvgIpc) is 2.57. The summed E-state index contributed by atoms with van der Waals surface area (Å²) in [5.41, 5.74) is 0.863. The van der Waals surface area contributed by atoms with Gasteiger partial charge in [-0.25, -0.2) is 0 Å². The molecule has 0 aliphatic heterocycles. The Kier molecular flexibility index (Phi) is 6.46. The van der Waals surface area contributed by atoms with Crippen molar-refractivity contribution in [2.45, 2.75) is 6.92 Å². The molecule has 0 aromatic heterocycles. The van der Waals surface area contributed by atoms with Gasteiger partial charge in [0.2, 0.25) is 0 Å². The molecular weight excluding hydrogens is 351 g/mol. The Morgan fingerprint density at radius 2 is 1.79 bits per heavy atom. The number of rotatable bonds is 6. The van der Waals surface area contributed by atoms with E-state index in [2.05, 4.69) is 10.6 Å². The van der Waals surface area contributed by atoms with Crippen LogP contribution in [0.3, 0.4) is 0 Å². The van der Waals surface area contributed by atoms with Crippen LogP contribution in [0.2, 0.25) is 10.0 Å². The lowest BCUT2D eigenvalue weighted by Crippen LogP contribution is -2.28. The van der Waals surface area contributed by atoms with E-state index in [-0.39, 0.29) is 23.4 Å². The molecule has 2 N–H and O–H groups in total. The summed E-state index contributed by atoms with van der Waals surface area (Å²) in [6.45, 7) is 2.33. The van der Waals surface area contributed by atoms with Crippen molar-refractivity contribution in [2.24, 2.45) is 0 Å². The summed E-state index contributed by atoms with van der Waals surface area (Å²) in [6.07, 6.45) is 0. The molecule has 0 fully saturated rings. The Balaban J connectivity index is 1.97. The standard InChI is InChI=1S/C17H16Cl2N2O3/c1-2-20-15(22)10-24-12-8-6-11(7-9-12)21-17(23)13-4-3-5-14(18)16(13)19/h3-9H,2,10H2,1H3,(H,20,22)(H,21,23). The third-order valence-corrected chi connectivity index (χ3v) is 3.87. The number of hydrogen-bond acceptors (Lipinski definition) is 3. The van der Waals surface area contributed by atoms with Gasteiger partial charge in [0, 0.05) is 12.2 Å². The van der Waals surface area contributed by atoms with Crippen LogP contribution in [0.15, 0.2) is 42.5 Å². The Morgan fingerprint density at radius 1 is 1.08 bits per heavy atom. The van der Waals surface area contributed by atoms with Gasteiger partial charge in [0.05, 0.1) is 15.6 Å². The maximum Gasteiger partial charge on any atom is 0.257 e. The minimum atomic E-state index is -0.363. The molecule has 7 heteroatoms. The third kappa shape index (κ3) is 4.88. The van der Waals surface area contributed by atoms with Gasteiger partial charge in [0.1, 0.15) is 5.75 Å². The molecule has 0 aliphatic rings. The number of carbonyl (C=O) groups is 2. The van der Waals surface area contributed by atoms with Gasteiger partial charge in [-0.05, 0) is 43.3 Å². The second-order valence-corrected chi connectivity index (χ2v) is 5.61. The first-order valence-corrected chi connectivity index (χ1v) is 8.01. The number of amides is 2. The van der Waals surface area contributed by atoms with Gasteiger partial charge in [0.25, 0.3) is 11.8 Å². The number of likely N-dealkylation sites (N-methyl/N-ethyl adjacent to an activating group) is 1. The average molecular weight is 367 g/mol. The molecule has 24 heavy (non-hydrogen) atoms. The molecule has 0 spiro atoms. The van der Waals surface area contributed by atoms with Gasteiger partial charge in [-0.3, -0.25) is 9.59 Å². The Hall–Kier alpha value is -2.24. The fourth-order valence-electron chi connectivity index (χ4n) is 1.91. The largest absolute Gasteiger partial charge is 0.484 e. The summed E-state index contributed by atoms with van der Waals surface area (Å²) in [5, 5.41) is 5.88. The van der Waals surface area contributed by atoms with Crippen molar-refractivity contribution >= 4 is 40.7 Å². The predicted molar refractivity (Wildman–Crippen MR) is 95.0 cm³/mol. The summed E-state index contributed by atoms with van der Waals surface area (Å²) >= 11 is 11.9. The van der Waals surface area contributed by atoms with Crippen molar-refractivity contribution in [2.75, 3.05) is 18.5 Å². The van der Waals surface area contributed by atoms with Crippen LogP contribution >= 0.6 is 23.2 Å². The Morgan fingerprint density at radius 3 is 2.46 bits per heavy atom. The van der Waals surface area contributed by atoms with Crippen molar-refractivity contribution in [3.8, 4) is 5.75 Å². The lowest BCUT2D eigenvalue weighted by molar-refractivity contribution is -0.122. The zero-order valence-corrected chi connectivity index (χ0v) is 14.4. The minimum Gasteiger partial charge on any atom is -0.484 e. The van der Waals surface area contributed by atoms with Gasteiger partial charge in [0.15, 0.2) is 6.61 Å². The highest BCUT2D eigenvalue weighted by Gasteiger charge is 2.12. The highest BCUT2D eigenvalue weighted by molar-refractivity contribution is 6.44. The van der Waals surface area contributed by atoms with E-state index in [4.69, 9.17) is 27.9 Å². The number of halogens is 2. The fourth-order valence-corrected chi connectivity index (χ4v) is 2.30. The Bertz CT molecular complexity index is 733. The number of nitrogens with one attached hydrogen (secondary N) is 2. The van der Waals surface area contributed by atoms with Crippen LogP contribution in [0.1, 0.15) is 17.3 Å². The number of carbonyl (C=O) groups excluding carboxylic acids is 2. The first kappa shape index (κ1) is 18.1. The van der Waals surface area contributed by atoms with E-state index in [0.29, 0.717) is 28.6 Å². The first-order valence-electron chi connectivity index (χ1n) is 7.26. The molecule has 0 atom stereocenters. The molecule has 0 saturated carbocycles. The van der Waals surface area contributed by atoms with Crippen LogP contribution in [-0.2, 0) is 4.79 Å². The topological polar surface area (TPSA) is 67.4 Å². The summed E-state index contributed by atoms with van der Waals surface area (Å²) in [6, 6.07) is 11.5. The first-order chi connectivity index (χ1) is 11.5. The lowest BCUT2D eigenvalue weighted by Gasteiger charge is -2.09. The van der Waals surface area contributed by atoms with Gasteiger partial charge in [-0.15, -0.1) is 0 Å². The molecule has 0 bridgehead atoms. The second kappa shape index (κ2) is 8.57. The molecule has 2 amide bonds. The SMILES string of the molecule is CCNC(=O)COc1ccc(NC(=O)c2cccc(Cl)c2Cl)cc1. The zero-order valence-electron chi connectivity index (χ0n) is 12.9. The molecule has 2 aromatic carbocycles. The van der Waals surface area contributed by atoms with Crippen LogP contribution in [0, 0.1) is 0 Å². The molecule has 0 saturated heterocycles. The third-order valence-electron chi connectivity index (χ3n) is 3.05. The zero-order chi connectivity index (χ0) is 17.5. The van der Waals surface area contributed by atoms with Crippen molar-refractivity contribution in [1.29, 1.82) is 0 Å². The number of ether oxygens (including phenoxy) is 1. The Labute approximate surface area is 149 Å². The quantitative estimate of drug-likeness (QED) is 0.817. The van der Waals surface area contributed by atoms with E-state index in [1.54, 1.807) is 42.5 Å². The summed E-state index contributed by atoms with van der Waals surface area (Å²) in [5.74, 6) is -0.0241. The molecule has 0 aliphatic carbocycles. The molecule has 2 aromatic rings. The predicted octanol–water partition coefficient (Wildman–Crippen LogP) is 3.76. The van der Waals surface area contributed by atoms with Crippen molar-refractivity contribution < 1.29 is 14.3 Å². The van der Waals surface area contributed by atoms with Crippen LogP contribution in [0.5, 0.6) is 5.75 Å². The van der Waals surface area contributed by atoms with E-state index in [9.17, 15) is 9.59 Å². The van der Waals surface area contributed by atoms with E-state index in [0.717, 1.165) is 0 Å². The van der Waals surface area contributed by atoms with Gasteiger partial charge in [-0.1, -0.05) is 29.3 Å². The monoisotopic (exact) mass is 366 g/mol. The van der Waals surface area contributed by atoms with E-state index >= 15 is 0 Å². The maximum atomic E-state index is 12.2. The van der Waals surface area contributed by atoms with Crippen LogP contribution in [-0.4, -0.2) is 25.0 Å². The summed E-state index contributed by atoms with van der Waals surface area (Å²) < 4.78 is 5.34. The van der Waals surface area contributed by atoms with Crippen molar-refractivity contribution in [1.82, 2.24) is 5.32 Å².